The SMILES string of the molecule is CC[C@H](O)c1ccccc1N(C)CCC#N. The molecule has 0 radical (unpaired) electrons. The molecule has 0 aliphatic rings. The van der Waals surface area contributed by atoms with E-state index in [-0.39, 0.29) is 0 Å². The molecule has 0 amide bonds. The molecule has 86 valence electrons. The Bertz CT molecular complexity index is 370. The van der Waals surface area contributed by atoms with Gasteiger partial charge in [-0.05, 0) is 12.5 Å². The van der Waals surface area contributed by atoms with Crippen molar-refractivity contribution < 1.29 is 5.11 Å². The van der Waals surface area contributed by atoms with Crippen LogP contribution >= 0.6 is 0 Å². The van der Waals surface area contributed by atoms with Gasteiger partial charge in [-0.1, -0.05) is 25.1 Å². The standard InChI is InChI=1S/C13H18N2O/c1-3-13(16)11-7-4-5-8-12(11)15(2)10-6-9-14/h4-5,7-8,13,16H,3,6,10H2,1-2H3/t13-/m0/s1. The highest BCUT2D eigenvalue weighted by Crippen LogP contribution is 2.27. The highest BCUT2D eigenvalue weighted by atomic mass is 16.3. The number of aliphatic hydroxyl groups is 1. The molecule has 0 aliphatic heterocycles. The van der Waals surface area contributed by atoms with E-state index in [0.29, 0.717) is 19.4 Å². The number of hydrogen-bond acceptors (Lipinski definition) is 3. The Hall–Kier alpha value is -1.53. The lowest BCUT2D eigenvalue weighted by atomic mass is 10.0. The number of nitrogens with zero attached hydrogens (tertiary/aromatic N) is 2. The topological polar surface area (TPSA) is 47.3 Å². The molecule has 0 heterocycles. The van der Waals surface area contributed by atoms with Crippen molar-refractivity contribution >= 4 is 5.69 Å². The molecule has 3 heteroatoms. The Morgan fingerprint density at radius 3 is 2.75 bits per heavy atom. The summed E-state index contributed by atoms with van der Waals surface area (Å²) in [5, 5.41) is 18.5. The molecule has 0 fully saturated rings. The number of anilines is 1. The van der Waals surface area contributed by atoms with E-state index in [1.165, 1.54) is 0 Å². The molecular formula is C13H18N2O. The molecule has 1 aromatic rings. The molecule has 0 unspecified atom stereocenters. The fourth-order valence-corrected chi connectivity index (χ4v) is 1.68. The first kappa shape index (κ1) is 12.5. The molecule has 16 heavy (non-hydrogen) atoms. The Morgan fingerprint density at radius 1 is 1.44 bits per heavy atom. The summed E-state index contributed by atoms with van der Waals surface area (Å²) in [6.07, 6.45) is 0.761. The van der Waals surface area contributed by atoms with E-state index in [4.69, 9.17) is 5.26 Å². The van der Waals surface area contributed by atoms with Crippen LogP contribution in [0, 0.1) is 11.3 Å². The Kier molecular flexibility index (Phi) is 4.81. The fourth-order valence-electron chi connectivity index (χ4n) is 1.68. The van der Waals surface area contributed by atoms with Gasteiger partial charge in [0.15, 0.2) is 0 Å². The number of benzene rings is 1. The molecule has 0 saturated carbocycles. The first-order valence-electron chi connectivity index (χ1n) is 5.55. The first-order valence-corrected chi connectivity index (χ1v) is 5.55. The zero-order valence-corrected chi connectivity index (χ0v) is 9.85. The molecular weight excluding hydrogens is 200 g/mol. The summed E-state index contributed by atoms with van der Waals surface area (Å²) >= 11 is 0. The number of rotatable bonds is 5. The van der Waals surface area contributed by atoms with Crippen LogP contribution in [0.1, 0.15) is 31.4 Å². The number of hydrogen-bond donors (Lipinski definition) is 1. The van der Waals surface area contributed by atoms with Crippen molar-refractivity contribution in [1.82, 2.24) is 0 Å². The lowest BCUT2D eigenvalue weighted by molar-refractivity contribution is 0.174. The summed E-state index contributed by atoms with van der Waals surface area (Å²) < 4.78 is 0. The maximum Gasteiger partial charge on any atom is 0.0807 e. The first-order chi connectivity index (χ1) is 7.70. The van der Waals surface area contributed by atoms with Crippen LogP contribution in [0.5, 0.6) is 0 Å². The molecule has 0 aliphatic carbocycles. The van der Waals surface area contributed by atoms with Gasteiger partial charge in [0.1, 0.15) is 0 Å². The van der Waals surface area contributed by atoms with Crippen molar-refractivity contribution in [3.05, 3.63) is 29.8 Å². The molecule has 0 bridgehead atoms. The molecule has 0 spiro atoms. The summed E-state index contributed by atoms with van der Waals surface area (Å²) in [6, 6.07) is 9.92. The van der Waals surface area contributed by atoms with Gasteiger partial charge in [-0.25, -0.2) is 0 Å². The Morgan fingerprint density at radius 2 is 2.12 bits per heavy atom. The van der Waals surface area contributed by atoms with Gasteiger partial charge >= 0.3 is 0 Å². The summed E-state index contributed by atoms with van der Waals surface area (Å²) in [4.78, 5) is 2.01. The quantitative estimate of drug-likeness (QED) is 0.826. The van der Waals surface area contributed by atoms with Crippen LogP contribution in [0.3, 0.4) is 0 Å². The van der Waals surface area contributed by atoms with Gasteiger partial charge < -0.3 is 10.0 Å². The highest BCUT2D eigenvalue weighted by Gasteiger charge is 2.12. The second kappa shape index (κ2) is 6.14. The van der Waals surface area contributed by atoms with E-state index < -0.39 is 6.10 Å². The summed E-state index contributed by atoms with van der Waals surface area (Å²) in [5.41, 5.74) is 1.94. The van der Waals surface area contributed by atoms with Crippen LogP contribution in [0.25, 0.3) is 0 Å². The van der Waals surface area contributed by atoms with E-state index >= 15 is 0 Å². The minimum Gasteiger partial charge on any atom is -0.388 e. The largest absolute Gasteiger partial charge is 0.388 e. The average molecular weight is 218 g/mol. The van der Waals surface area contributed by atoms with Crippen LogP contribution in [0.2, 0.25) is 0 Å². The Labute approximate surface area is 96.9 Å². The zero-order chi connectivity index (χ0) is 12.0. The van der Waals surface area contributed by atoms with Crippen LogP contribution in [-0.2, 0) is 0 Å². The van der Waals surface area contributed by atoms with Crippen molar-refractivity contribution in [2.75, 3.05) is 18.5 Å². The summed E-state index contributed by atoms with van der Waals surface area (Å²) in [5.74, 6) is 0. The molecule has 1 N–H and O–H groups in total. The number of aliphatic hydroxyl groups excluding tert-OH is 1. The molecule has 1 rings (SSSR count). The number of nitriles is 1. The minimum atomic E-state index is -0.430. The van der Waals surface area contributed by atoms with E-state index in [9.17, 15) is 5.11 Å². The van der Waals surface area contributed by atoms with Crippen molar-refractivity contribution in [2.45, 2.75) is 25.9 Å². The summed E-state index contributed by atoms with van der Waals surface area (Å²) in [6.45, 7) is 2.64. The van der Waals surface area contributed by atoms with Gasteiger partial charge in [-0.2, -0.15) is 5.26 Å². The second-order valence-electron chi connectivity index (χ2n) is 3.81. The van der Waals surface area contributed by atoms with Crippen LogP contribution in [-0.4, -0.2) is 18.7 Å². The Balaban J connectivity index is 2.90. The van der Waals surface area contributed by atoms with Gasteiger partial charge in [0, 0.05) is 24.8 Å². The fraction of sp³-hybridized carbons (Fsp3) is 0.462. The maximum absolute atomic E-state index is 9.89. The van der Waals surface area contributed by atoms with Gasteiger partial charge in [0.05, 0.1) is 18.6 Å². The molecule has 3 nitrogen and oxygen atoms in total. The van der Waals surface area contributed by atoms with Gasteiger partial charge in [0.2, 0.25) is 0 Å². The van der Waals surface area contributed by atoms with Crippen molar-refractivity contribution in [3.8, 4) is 6.07 Å². The van der Waals surface area contributed by atoms with Gasteiger partial charge in [-0.3, -0.25) is 0 Å². The lowest BCUT2D eigenvalue weighted by Crippen LogP contribution is -2.20. The average Bonchev–Trinajstić information content (AvgIpc) is 2.35. The monoisotopic (exact) mass is 218 g/mol. The third kappa shape index (κ3) is 2.98. The molecule has 1 atom stereocenters. The smallest absolute Gasteiger partial charge is 0.0807 e. The van der Waals surface area contributed by atoms with Crippen LogP contribution < -0.4 is 4.90 Å². The van der Waals surface area contributed by atoms with Crippen molar-refractivity contribution in [2.24, 2.45) is 0 Å². The van der Waals surface area contributed by atoms with E-state index in [2.05, 4.69) is 6.07 Å². The normalized spacial score (nSPS) is 11.9. The molecule has 0 saturated heterocycles. The molecule has 0 aromatic heterocycles. The lowest BCUT2D eigenvalue weighted by Gasteiger charge is -2.23. The van der Waals surface area contributed by atoms with Crippen molar-refractivity contribution in [3.63, 3.8) is 0 Å². The minimum absolute atomic E-state index is 0.430. The highest BCUT2D eigenvalue weighted by molar-refractivity contribution is 5.54. The van der Waals surface area contributed by atoms with Gasteiger partial charge in [-0.15, -0.1) is 0 Å². The third-order valence-corrected chi connectivity index (χ3v) is 2.65. The predicted octanol–water partition coefficient (Wildman–Crippen LogP) is 2.48. The van der Waals surface area contributed by atoms with Gasteiger partial charge in [0.25, 0.3) is 0 Å². The van der Waals surface area contributed by atoms with E-state index in [1.807, 2.05) is 43.1 Å². The predicted molar refractivity (Wildman–Crippen MR) is 65.2 cm³/mol. The zero-order valence-electron chi connectivity index (χ0n) is 9.85. The van der Waals surface area contributed by atoms with Crippen LogP contribution in [0.15, 0.2) is 24.3 Å². The summed E-state index contributed by atoms with van der Waals surface area (Å²) in [7, 11) is 1.94. The van der Waals surface area contributed by atoms with E-state index in [0.717, 1.165) is 11.3 Å². The van der Waals surface area contributed by atoms with Crippen LogP contribution in [0.4, 0.5) is 5.69 Å². The molecule has 1 aromatic carbocycles. The van der Waals surface area contributed by atoms with E-state index in [1.54, 1.807) is 0 Å². The number of para-hydroxylation sites is 1. The third-order valence-electron chi connectivity index (χ3n) is 2.65. The maximum atomic E-state index is 9.89. The second-order valence-corrected chi connectivity index (χ2v) is 3.81. The van der Waals surface area contributed by atoms with Crippen molar-refractivity contribution in [1.29, 1.82) is 5.26 Å².